The number of aliphatic hydroxyl groups is 2. The molecule has 162 valence electrons. The zero-order valence-corrected chi connectivity index (χ0v) is 18.4. The lowest BCUT2D eigenvalue weighted by Gasteiger charge is -2.36. The molecule has 2 aliphatic rings. The minimum atomic E-state index is 0.0898. The lowest BCUT2D eigenvalue weighted by Crippen LogP contribution is -2.49. The van der Waals surface area contributed by atoms with E-state index < -0.39 is 0 Å². The maximum atomic E-state index is 8.79. The smallest absolute Gasteiger partial charge is 0.137 e. The molecule has 2 N–H and O–H groups in total. The van der Waals surface area contributed by atoms with Crippen LogP contribution in [0.3, 0.4) is 0 Å². The molecule has 4 rings (SSSR count). The van der Waals surface area contributed by atoms with E-state index in [4.69, 9.17) is 19.9 Å². The largest absolute Gasteiger partial charge is 0.397 e. The zero-order chi connectivity index (χ0) is 21.2. The normalized spacial score (nSPS) is 16.0. The number of benzene rings is 2. The van der Waals surface area contributed by atoms with Gasteiger partial charge in [0.2, 0.25) is 0 Å². The Kier molecular flexibility index (Phi) is 9.17. The van der Waals surface area contributed by atoms with Gasteiger partial charge < -0.3 is 19.8 Å². The average Bonchev–Trinajstić information content (AvgIpc) is 2.94. The number of aliphatic hydroxyl groups excluding tert-OH is 2. The molecule has 0 aliphatic carbocycles. The molecule has 0 atom stereocenters. The van der Waals surface area contributed by atoms with E-state index in [9.17, 15) is 0 Å². The third-order valence-corrected chi connectivity index (χ3v) is 6.04. The van der Waals surface area contributed by atoms with Crippen molar-refractivity contribution < 1.29 is 14.9 Å². The molecule has 0 saturated carbocycles. The lowest BCUT2D eigenvalue weighted by atomic mass is 10.1. The van der Waals surface area contributed by atoms with Crippen LogP contribution >= 0.6 is 11.8 Å². The number of ether oxygens (including phenoxy) is 1. The number of aliphatic imine (C=N–C) groups is 1. The topological polar surface area (TPSA) is 68.5 Å². The molecular weight excluding hydrogens is 398 g/mol. The van der Waals surface area contributed by atoms with Crippen molar-refractivity contribution in [3.8, 4) is 0 Å². The number of para-hydroxylation sites is 1. The fraction of sp³-hybridized carbons (Fsp3) is 0.435. The molecular formula is C23H31N3O3S. The summed E-state index contributed by atoms with van der Waals surface area (Å²) in [5.74, 6) is 1.08. The van der Waals surface area contributed by atoms with E-state index in [0.29, 0.717) is 13.2 Å². The van der Waals surface area contributed by atoms with E-state index >= 15 is 0 Å². The minimum absolute atomic E-state index is 0.0898. The third-order valence-electron chi connectivity index (χ3n) is 4.90. The fourth-order valence-electron chi connectivity index (χ4n) is 3.45. The van der Waals surface area contributed by atoms with Gasteiger partial charge in [0, 0.05) is 54.7 Å². The summed E-state index contributed by atoms with van der Waals surface area (Å²) in [6.45, 7) is 7.94. The standard InChI is InChI=1S/C21H25N3O2S.C2H6O/c25-14-16-26-15-13-23-9-11-24(12-10-23)21-17-5-1-3-7-19(17)27-20-8-4-2-6-18(20)22-21;1-2-3/h1-8,25H,9-16H2;3H,2H2,1H3. The molecule has 2 aromatic rings. The van der Waals surface area contributed by atoms with E-state index in [-0.39, 0.29) is 13.2 Å². The lowest BCUT2D eigenvalue weighted by molar-refractivity contribution is 0.0652. The first-order valence-electron chi connectivity index (χ1n) is 10.5. The summed E-state index contributed by atoms with van der Waals surface area (Å²) in [4.78, 5) is 12.4. The molecule has 0 unspecified atom stereocenters. The molecule has 0 radical (unpaired) electrons. The Balaban J connectivity index is 0.000000806. The van der Waals surface area contributed by atoms with E-state index in [1.165, 1.54) is 15.4 Å². The summed E-state index contributed by atoms with van der Waals surface area (Å²) >= 11 is 1.80. The van der Waals surface area contributed by atoms with Gasteiger partial charge in [-0.3, -0.25) is 4.90 Å². The molecule has 30 heavy (non-hydrogen) atoms. The number of piperazine rings is 1. The van der Waals surface area contributed by atoms with Crippen molar-refractivity contribution in [2.45, 2.75) is 16.7 Å². The van der Waals surface area contributed by atoms with E-state index in [1.54, 1.807) is 18.7 Å². The maximum Gasteiger partial charge on any atom is 0.137 e. The first-order chi connectivity index (χ1) is 14.8. The molecule has 2 aliphatic heterocycles. The predicted octanol–water partition coefficient (Wildman–Crippen LogP) is 2.85. The van der Waals surface area contributed by atoms with Crippen LogP contribution < -0.4 is 0 Å². The van der Waals surface area contributed by atoms with Gasteiger partial charge in [0.1, 0.15) is 5.84 Å². The second kappa shape index (κ2) is 12.1. The highest BCUT2D eigenvalue weighted by Crippen LogP contribution is 2.40. The number of amidine groups is 1. The Bertz CT molecular complexity index is 823. The van der Waals surface area contributed by atoms with Crippen LogP contribution in [0, 0.1) is 0 Å². The van der Waals surface area contributed by atoms with E-state index in [0.717, 1.165) is 44.2 Å². The molecule has 0 bridgehead atoms. The highest BCUT2D eigenvalue weighted by molar-refractivity contribution is 7.99. The Morgan fingerprint density at radius 2 is 1.60 bits per heavy atom. The van der Waals surface area contributed by atoms with Gasteiger partial charge in [-0.25, -0.2) is 4.99 Å². The first kappa shape index (κ1) is 22.8. The monoisotopic (exact) mass is 429 g/mol. The molecule has 7 heteroatoms. The van der Waals surface area contributed by atoms with Crippen LogP contribution in [0.15, 0.2) is 63.3 Å². The van der Waals surface area contributed by atoms with Crippen molar-refractivity contribution in [2.75, 3.05) is 59.2 Å². The minimum Gasteiger partial charge on any atom is -0.397 e. The van der Waals surface area contributed by atoms with Crippen LogP contribution in [0.2, 0.25) is 0 Å². The molecule has 0 aromatic heterocycles. The van der Waals surface area contributed by atoms with Gasteiger partial charge >= 0.3 is 0 Å². The van der Waals surface area contributed by atoms with Crippen LogP contribution in [0.5, 0.6) is 0 Å². The van der Waals surface area contributed by atoms with Crippen molar-refractivity contribution in [3.05, 3.63) is 54.1 Å². The van der Waals surface area contributed by atoms with E-state index in [2.05, 4.69) is 58.3 Å². The zero-order valence-electron chi connectivity index (χ0n) is 17.5. The van der Waals surface area contributed by atoms with E-state index in [1.807, 2.05) is 0 Å². The number of nitrogens with zero attached hydrogens (tertiary/aromatic N) is 3. The van der Waals surface area contributed by atoms with Crippen LogP contribution in [-0.4, -0.2) is 85.0 Å². The Morgan fingerprint density at radius 3 is 2.33 bits per heavy atom. The molecule has 1 saturated heterocycles. The summed E-state index contributed by atoms with van der Waals surface area (Å²) in [7, 11) is 0. The van der Waals surface area contributed by atoms with Gasteiger partial charge in [0.15, 0.2) is 0 Å². The summed E-state index contributed by atoms with van der Waals surface area (Å²) < 4.78 is 5.40. The number of fused-ring (bicyclic) bond motifs is 2. The van der Waals surface area contributed by atoms with Gasteiger partial charge in [-0.15, -0.1) is 0 Å². The number of hydrogen-bond donors (Lipinski definition) is 2. The second-order valence-electron chi connectivity index (χ2n) is 6.98. The highest BCUT2D eigenvalue weighted by atomic mass is 32.2. The quantitative estimate of drug-likeness (QED) is 0.713. The SMILES string of the molecule is CCO.OCCOCCN1CCN(C2=Nc3ccccc3Sc3ccccc32)CC1. The van der Waals surface area contributed by atoms with Gasteiger partial charge in [-0.05, 0) is 25.1 Å². The molecule has 2 heterocycles. The van der Waals surface area contributed by atoms with Gasteiger partial charge in [0.25, 0.3) is 0 Å². The van der Waals surface area contributed by atoms with Crippen LogP contribution in [0.25, 0.3) is 0 Å². The van der Waals surface area contributed by atoms with Crippen LogP contribution in [0.4, 0.5) is 5.69 Å². The van der Waals surface area contributed by atoms with Gasteiger partial charge in [-0.1, -0.05) is 42.1 Å². The molecule has 1 fully saturated rings. The Morgan fingerprint density at radius 1 is 0.933 bits per heavy atom. The fourth-order valence-corrected chi connectivity index (χ4v) is 4.47. The summed E-state index contributed by atoms with van der Waals surface area (Å²) in [5, 5.41) is 16.4. The third kappa shape index (κ3) is 6.06. The van der Waals surface area contributed by atoms with Crippen molar-refractivity contribution in [2.24, 2.45) is 4.99 Å². The molecule has 6 nitrogen and oxygen atoms in total. The second-order valence-corrected chi connectivity index (χ2v) is 8.07. The van der Waals surface area contributed by atoms with Crippen LogP contribution in [0.1, 0.15) is 12.5 Å². The Hall–Kier alpha value is -1.90. The number of rotatable bonds is 5. The Labute approximate surface area is 183 Å². The summed E-state index contributed by atoms with van der Waals surface area (Å²) in [5.41, 5.74) is 2.27. The summed E-state index contributed by atoms with van der Waals surface area (Å²) in [6.07, 6.45) is 0. The molecule has 2 aromatic carbocycles. The van der Waals surface area contributed by atoms with Crippen molar-refractivity contribution in [1.29, 1.82) is 0 Å². The molecule has 0 amide bonds. The average molecular weight is 430 g/mol. The van der Waals surface area contributed by atoms with Gasteiger partial charge in [0.05, 0.1) is 25.5 Å². The molecule has 0 spiro atoms. The highest BCUT2D eigenvalue weighted by Gasteiger charge is 2.24. The van der Waals surface area contributed by atoms with Crippen molar-refractivity contribution >= 4 is 23.3 Å². The maximum absolute atomic E-state index is 8.79. The predicted molar refractivity (Wildman–Crippen MR) is 122 cm³/mol. The first-order valence-corrected chi connectivity index (χ1v) is 11.3. The summed E-state index contributed by atoms with van der Waals surface area (Å²) in [6, 6.07) is 16.9. The van der Waals surface area contributed by atoms with Crippen molar-refractivity contribution in [1.82, 2.24) is 9.80 Å². The van der Waals surface area contributed by atoms with Crippen molar-refractivity contribution in [3.63, 3.8) is 0 Å². The van der Waals surface area contributed by atoms with Gasteiger partial charge in [-0.2, -0.15) is 0 Å². The van der Waals surface area contributed by atoms with Crippen LogP contribution in [-0.2, 0) is 4.74 Å². The number of hydrogen-bond acceptors (Lipinski definition) is 7.